The minimum Gasteiger partial charge on any atom is -0.310 e. The van der Waals surface area contributed by atoms with E-state index in [0.717, 1.165) is 18.0 Å². The molecule has 2 fully saturated rings. The van der Waals surface area contributed by atoms with E-state index in [1.54, 1.807) is 0 Å². The molecule has 1 heterocycles. The van der Waals surface area contributed by atoms with Crippen LogP contribution in [0.4, 0.5) is 0 Å². The second-order valence-electron chi connectivity index (χ2n) is 4.95. The van der Waals surface area contributed by atoms with Crippen LogP contribution in [-0.2, 0) is 0 Å². The van der Waals surface area contributed by atoms with E-state index in [1.165, 1.54) is 50.0 Å². The first kappa shape index (κ1) is 10.8. The van der Waals surface area contributed by atoms with Crippen LogP contribution >= 0.6 is 11.8 Å². The average molecular weight is 213 g/mol. The van der Waals surface area contributed by atoms with E-state index < -0.39 is 0 Å². The molecule has 0 aromatic rings. The maximum absolute atomic E-state index is 3.89. The molecule has 3 unspecified atom stereocenters. The molecule has 1 nitrogen and oxygen atoms in total. The lowest BCUT2D eigenvalue weighted by Crippen LogP contribution is -2.41. The molecule has 1 N–H and O–H groups in total. The molecular formula is C12H23NS. The molecular weight excluding hydrogens is 190 g/mol. The lowest BCUT2D eigenvalue weighted by atomic mass is 9.96. The molecule has 0 spiro atoms. The molecule has 1 aliphatic heterocycles. The average Bonchev–Trinajstić information content (AvgIpc) is 2.60. The van der Waals surface area contributed by atoms with E-state index in [1.807, 2.05) is 0 Å². The van der Waals surface area contributed by atoms with Crippen molar-refractivity contribution in [2.75, 3.05) is 11.5 Å². The van der Waals surface area contributed by atoms with Gasteiger partial charge in [-0.1, -0.05) is 26.2 Å². The van der Waals surface area contributed by atoms with Crippen molar-refractivity contribution in [3.8, 4) is 0 Å². The van der Waals surface area contributed by atoms with Crippen LogP contribution in [-0.4, -0.2) is 23.6 Å². The van der Waals surface area contributed by atoms with Gasteiger partial charge in [-0.3, -0.25) is 0 Å². The molecule has 82 valence electrons. The maximum atomic E-state index is 3.89. The van der Waals surface area contributed by atoms with Crippen molar-refractivity contribution in [1.82, 2.24) is 5.32 Å². The number of nitrogens with one attached hydrogen (secondary N) is 1. The highest BCUT2D eigenvalue weighted by molar-refractivity contribution is 7.99. The molecule has 0 aromatic heterocycles. The summed E-state index contributed by atoms with van der Waals surface area (Å²) in [7, 11) is 0. The standard InChI is InChI=1S/C12H23NS/c1-10-5-3-2-4-6-12(10)13-11-7-8-14-9-11/h10-13H,2-9H2,1H3. The van der Waals surface area contributed by atoms with Gasteiger partial charge in [0.15, 0.2) is 0 Å². The van der Waals surface area contributed by atoms with Gasteiger partial charge in [0, 0.05) is 17.8 Å². The lowest BCUT2D eigenvalue weighted by Gasteiger charge is -2.26. The third kappa shape index (κ3) is 2.90. The Kier molecular flexibility index (Phi) is 4.18. The lowest BCUT2D eigenvalue weighted by molar-refractivity contribution is 0.329. The molecule has 1 saturated carbocycles. The molecule has 2 aliphatic rings. The van der Waals surface area contributed by atoms with Gasteiger partial charge < -0.3 is 5.32 Å². The highest BCUT2D eigenvalue weighted by Crippen LogP contribution is 2.25. The number of hydrogen-bond acceptors (Lipinski definition) is 2. The van der Waals surface area contributed by atoms with Crippen molar-refractivity contribution in [2.45, 2.75) is 57.5 Å². The molecule has 0 aromatic carbocycles. The summed E-state index contributed by atoms with van der Waals surface area (Å²) >= 11 is 2.11. The number of thioether (sulfide) groups is 1. The van der Waals surface area contributed by atoms with E-state index in [4.69, 9.17) is 0 Å². The monoisotopic (exact) mass is 213 g/mol. The van der Waals surface area contributed by atoms with Crippen molar-refractivity contribution in [3.05, 3.63) is 0 Å². The number of hydrogen-bond donors (Lipinski definition) is 1. The van der Waals surface area contributed by atoms with Gasteiger partial charge in [0.05, 0.1) is 0 Å². The zero-order valence-corrected chi connectivity index (χ0v) is 10.1. The predicted octanol–water partition coefficient (Wildman–Crippen LogP) is 3.05. The summed E-state index contributed by atoms with van der Waals surface area (Å²) in [6.07, 6.45) is 8.62. The molecule has 0 radical (unpaired) electrons. The van der Waals surface area contributed by atoms with Crippen LogP contribution in [0.15, 0.2) is 0 Å². The molecule has 0 amide bonds. The minimum atomic E-state index is 0.821. The Labute approximate surface area is 92.4 Å². The maximum Gasteiger partial charge on any atom is 0.0168 e. The summed E-state index contributed by atoms with van der Waals surface area (Å²) in [4.78, 5) is 0. The van der Waals surface area contributed by atoms with Crippen LogP contribution in [0.25, 0.3) is 0 Å². The molecule has 1 aliphatic carbocycles. The van der Waals surface area contributed by atoms with Crippen LogP contribution < -0.4 is 5.32 Å². The first-order valence-corrected chi connectivity index (χ1v) is 7.35. The fourth-order valence-corrected chi connectivity index (χ4v) is 3.87. The van der Waals surface area contributed by atoms with E-state index in [9.17, 15) is 0 Å². The third-order valence-electron chi connectivity index (χ3n) is 3.74. The van der Waals surface area contributed by atoms with Gasteiger partial charge in [-0.15, -0.1) is 0 Å². The van der Waals surface area contributed by atoms with E-state index in [-0.39, 0.29) is 0 Å². The summed E-state index contributed by atoms with van der Waals surface area (Å²) in [5, 5.41) is 3.89. The van der Waals surface area contributed by atoms with Gasteiger partial charge in [0.25, 0.3) is 0 Å². The van der Waals surface area contributed by atoms with Gasteiger partial charge >= 0.3 is 0 Å². The summed E-state index contributed by atoms with van der Waals surface area (Å²) in [5.41, 5.74) is 0. The van der Waals surface area contributed by atoms with E-state index in [0.29, 0.717) is 0 Å². The van der Waals surface area contributed by atoms with E-state index >= 15 is 0 Å². The minimum absolute atomic E-state index is 0.821. The predicted molar refractivity (Wildman–Crippen MR) is 64.9 cm³/mol. The molecule has 3 atom stereocenters. The highest BCUT2D eigenvalue weighted by Gasteiger charge is 2.24. The molecule has 1 saturated heterocycles. The topological polar surface area (TPSA) is 12.0 Å². The van der Waals surface area contributed by atoms with E-state index in [2.05, 4.69) is 24.0 Å². The van der Waals surface area contributed by atoms with Crippen LogP contribution in [0.1, 0.15) is 45.4 Å². The van der Waals surface area contributed by atoms with Crippen molar-refractivity contribution >= 4 is 11.8 Å². The summed E-state index contributed by atoms with van der Waals surface area (Å²) in [6, 6.07) is 1.65. The molecule has 2 heteroatoms. The van der Waals surface area contributed by atoms with Crippen LogP contribution in [0.3, 0.4) is 0 Å². The fourth-order valence-electron chi connectivity index (χ4n) is 2.71. The Hall–Kier alpha value is 0.310. The van der Waals surface area contributed by atoms with Crippen molar-refractivity contribution < 1.29 is 0 Å². The van der Waals surface area contributed by atoms with Gasteiger partial charge in [0.1, 0.15) is 0 Å². The zero-order chi connectivity index (χ0) is 9.80. The second-order valence-corrected chi connectivity index (χ2v) is 6.10. The Morgan fingerprint density at radius 1 is 1.07 bits per heavy atom. The largest absolute Gasteiger partial charge is 0.310 e. The first-order valence-electron chi connectivity index (χ1n) is 6.20. The third-order valence-corrected chi connectivity index (χ3v) is 4.90. The Morgan fingerprint density at radius 3 is 2.71 bits per heavy atom. The van der Waals surface area contributed by atoms with Crippen LogP contribution in [0.5, 0.6) is 0 Å². The second kappa shape index (κ2) is 5.41. The van der Waals surface area contributed by atoms with Gasteiger partial charge in [-0.2, -0.15) is 11.8 Å². The van der Waals surface area contributed by atoms with Crippen molar-refractivity contribution in [3.63, 3.8) is 0 Å². The highest BCUT2D eigenvalue weighted by atomic mass is 32.2. The SMILES string of the molecule is CC1CCCCCC1NC1CCSC1. The molecule has 0 bridgehead atoms. The van der Waals surface area contributed by atoms with Gasteiger partial charge in [-0.25, -0.2) is 0 Å². The first-order chi connectivity index (χ1) is 6.86. The van der Waals surface area contributed by atoms with Crippen LogP contribution in [0.2, 0.25) is 0 Å². The van der Waals surface area contributed by atoms with Crippen molar-refractivity contribution in [2.24, 2.45) is 5.92 Å². The Bertz CT molecular complexity index is 166. The number of rotatable bonds is 2. The fraction of sp³-hybridized carbons (Fsp3) is 1.00. The Morgan fingerprint density at radius 2 is 1.93 bits per heavy atom. The van der Waals surface area contributed by atoms with Crippen molar-refractivity contribution in [1.29, 1.82) is 0 Å². The molecule has 14 heavy (non-hydrogen) atoms. The summed E-state index contributed by atoms with van der Waals surface area (Å²) in [6.45, 7) is 2.44. The quantitative estimate of drug-likeness (QED) is 0.708. The summed E-state index contributed by atoms with van der Waals surface area (Å²) in [5.74, 6) is 3.63. The zero-order valence-electron chi connectivity index (χ0n) is 9.30. The summed E-state index contributed by atoms with van der Waals surface area (Å²) < 4.78 is 0. The normalized spacial score (nSPS) is 39.6. The van der Waals surface area contributed by atoms with Gasteiger partial charge in [0.2, 0.25) is 0 Å². The van der Waals surface area contributed by atoms with Crippen LogP contribution in [0, 0.1) is 5.92 Å². The molecule has 2 rings (SSSR count). The van der Waals surface area contributed by atoms with Gasteiger partial charge in [-0.05, 0) is 30.9 Å². The smallest absolute Gasteiger partial charge is 0.0168 e. The Balaban J connectivity index is 1.81.